The van der Waals surface area contributed by atoms with E-state index in [9.17, 15) is 13.2 Å². The molecule has 0 saturated carbocycles. The predicted octanol–water partition coefficient (Wildman–Crippen LogP) is 6.61. The van der Waals surface area contributed by atoms with Gasteiger partial charge in [0.05, 0.1) is 0 Å². The van der Waals surface area contributed by atoms with Crippen LogP contribution < -0.4 is 4.72 Å². The Hall–Kier alpha value is -4.47. The second-order valence-corrected chi connectivity index (χ2v) is 12.2. The highest BCUT2D eigenvalue weighted by Crippen LogP contribution is 2.41. The number of aromatic nitrogens is 2. The van der Waals surface area contributed by atoms with Crippen LogP contribution in [0.4, 0.5) is 5.69 Å². The van der Waals surface area contributed by atoms with Gasteiger partial charge >= 0.3 is 0 Å². The first-order valence-corrected chi connectivity index (χ1v) is 14.6. The maximum absolute atomic E-state index is 12.9. The third kappa shape index (κ3) is 4.56. The molecule has 0 unspecified atom stereocenters. The van der Waals surface area contributed by atoms with Gasteiger partial charge in [-0.05, 0) is 52.9 Å². The number of amides is 1. The van der Waals surface area contributed by atoms with Crippen LogP contribution in [0.15, 0.2) is 101 Å². The third-order valence-electron chi connectivity index (χ3n) is 6.52. The predicted molar refractivity (Wildman–Crippen MR) is 158 cm³/mol. The molecule has 194 valence electrons. The van der Waals surface area contributed by atoms with E-state index in [-0.39, 0.29) is 10.1 Å². The minimum atomic E-state index is -3.70. The Morgan fingerprint density at radius 1 is 0.923 bits per heavy atom. The molecule has 3 aromatic heterocycles. The van der Waals surface area contributed by atoms with Gasteiger partial charge in [-0.25, -0.2) is 13.4 Å². The van der Waals surface area contributed by atoms with Crippen LogP contribution in [0.25, 0.3) is 44.2 Å². The van der Waals surface area contributed by atoms with E-state index in [2.05, 4.69) is 9.71 Å². The fourth-order valence-electron chi connectivity index (χ4n) is 4.74. The number of carbonyl (C=O) groups is 1. The zero-order valence-electron chi connectivity index (χ0n) is 21.2. The van der Waals surface area contributed by atoms with Gasteiger partial charge in [0.25, 0.3) is 15.9 Å². The van der Waals surface area contributed by atoms with Crippen LogP contribution in [0.1, 0.15) is 10.4 Å². The molecule has 1 amide bonds. The van der Waals surface area contributed by atoms with Crippen molar-refractivity contribution in [3.63, 3.8) is 0 Å². The Labute approximate surface area is 229 Å². The highest BCUT2D eigenvalue weighted by Gasteiger charge is 2.20. The van der Waals surface area contributed by atoms with Gasteiger partial charge < -0.3 is 9.88 Å². The lowest BCUT2D eigenvalue weighted by Gasteiger charge is -2.14. The van der Waals surface area contributed by atoms with Gasteiger partial charge in [0.2, 0.25) is 0 Å². The fourth-order valence-corrected chi connectivity index (χ4v) is 6.79. The summed E-state index contributed by atoms with van der Waals surface area (Å²) < 4.78 is 28.8. The molecule has 0 aliphatic carbocycles. The summed E-state index contributed by atoms with van der Waals surface area (Å²) >= 11 is 1.17. The van der Waals surface area contributed by atoms with E-state index >= 15 is 0 Å². The second-order valence-electron chi connectivity index (χ2n) is 9.34. The molecule has 0 spiro atoms. The topological polar surface area (TPSA) is 95.2 Å². The van der Waals surface area contributed by atoms with Crippen molar-refractivity contribution in [2.75, 3.05) is 18.8 Å². The monoisotopic (exact) mass is 552 g/mol. The Bertz CT molecular complexity index is 1950. The van der Waals surface area contributed by atoms with E-state index in [1.165, 1.54) is 11.3 Å². The smallest absolute Gasteiger partial charge is 0.271 e. The number of hydrogen-bond acceptors (Lipinski definition) is 5. The molecule has 0 fully saturated rings. The van der Waals surface area contributed by atoms with E-state index in [4.69, 9.17) is 4.98 Å². The first kappa shape index (κ1) is 24.8. The molecular formula is C30H24N4O3S2. The van der Waals surface area contributed by atoms with Crippen molar-refractivity contribution in [1.29, 1.82) is 0 Å². The molecular weight excluding hydrogens is 528 g/mol. The zero-order valence-corrected chi connectivity index (χ0v) is 22.8. The Morgan fingerprint density at radius 2 is 1.72 bits per heavy atom. The van der Waals surface area contributed by atoms with Crippen LogP contribution in [0.5, 0.6) is 0 Å². The summed E-state index contributed by atoms with van der Waals surface area (Å²) in [7, 11) is -0.241. The summed E-state index contributed by atoms with van der Waals surface area (Å²) in [6.45, 7) is 0. The summed E-state index contributed by atoms with van der Waals surface area (Å²) in [6, 6.07) is 26.2. The van der Waals surface area contributed by atoms with E-state index in [1.807, 2.05) is 66.9 Å². The van der Waals surface area contributed by atoms with Crippen molar-refractivity contribution in [2.24, 2.45) is 0 Å². The van der Waals surface area contributed by atoms with E-state index in [1.54, 1.807) is 48.6 Å². The number of nitrogens with one attached hydrogen (secondary N) is 2. The fraction of sp³-hybridized carbons (Fsp3) is 0.0667. The molecule has 3 aromatic carbocycles. The summed E-state index contributed by atoms with van der Waals surface area (Å²) in [4.78, 5) is 22.4. The van der Waals surface area contributed by atoms with Crippen LogP contribution in [-0.2, 0) is 10.0 Å². The van der Waals surface area contributed by atoms with Crippen LogP contribution >= 0.6 is 11.3 Å². The standard InChI is InChI=1S/C30H24N4O3S2/c1-34(2)30(35)21-11-6-10-20(16-21)24-18-31-29-28(27(24)19-8-4-3-5-9-19)23-17-22(13-14-25(23)32-29)33-39(36,37)26-12-7-15-38-26/h3-18,33H,1-2H3,(H,31,32). The molecule has 39 heavy (non-hydrogen) atoms. The Kier molecular flexibility index (Phi) is 6.17. The summed E-state index contributed by atoms with van der Waals surface area (Å²) in [6.07, 6.45) is 1.82. The quantitative estimate of drug-likeness (QED) is 0.243. The van der Waals surface area contributed by atoms with Crippen molar-refractivity contribution in [3.05, 3.63) is 102 Å². The molecule has 9 heteroatoms. The van der Waals surface area contributed by atoms with E-state index in [0.29, 0.717) is 16.9 Å². The zero-order chi connectivity index (χ0) is 27.1. The number of thiophene rings is 1. The van der Waals surface area contributed by atoms with Gasteiger partial charge in [0.15, 0.2) is 0 Å². The van der Waals surface area contributed by atoms with Crippen molar-refractivity contribution in [3.8, 4) is 22.3 Å². The first-order valence-electron chi connectivity index (χ1n) is 12.2. The van der Waals surface area contributed by atoms with Crippen molar-refractivity contribution >= 4 is 54.9 Å². The number of sulfonamides is 1. The van der Waals surface area contributed by atoms with Crippen molar-refractivity contribution < 1.29 is 13.2 Å². The van der Waals surface area contributed by atoms with Gasteiger partial charge in [0.1, 0.15) is 9.86 Å². The highest BCUT2D eigenvalue weighted by atomic mass is 32.2. The number of rotatable bonds is 6. The van der Waals surface area contributed by atoms with Gasteiger partial charge in [0, 0.05) is 59.0 Å². The molecule has 6 rings (SSSR count). The van der Waals surface area contributed by atoms with Gasteiger partial charge in [-0.3, -0.25) is 9.52 Å². The summed E-state index contributed by atoms with van der Waals surface area (Å²) in [5, 5.41) is 3.44. The SMILES string of the molecule is CN(C)C(=O)c1cccc(-c2cnc3[nH]c4ccc(NS(=O)(=O)c5cccs5)cc4c3c2-c2ccccc2)c1. The molecule has 2 N–H and O–H groups in total. The molecule has 7 nitrogen and oxygen atoms in total. The number of pyridine rings is 1. The third-order valence-corrected chi connectivity index (χ3v) is 9.30. The first-order chi connectivity index (χ1) is 18.8. The minimum Gasteiger partial charge on any atom is -0.345 e. The number of nitrogens with zero attached hydrogens (tertiary/aromatic N) is 2. The van der Waals surface area contributed by atoms with Gasteiger partial charge in [-0.2, -0.15) is 0 Å². The average molecular weight is 553 g/mol. The number of H-pyrrole nitrogens is 1. The molecule has 0 saturated heterocycles. The van der Waals surface area contributed by atoms with Crippen LogP contribution in [-0.4, -0.2) is 43.3 Å². The highest BCUT2D eigenvalue weighted by molar-refractivity contribution is 7.94. The average Bonchev–Trinajstić information content (AvgIpc) is 3.61. The molecule has 0 atom stereocenters. The summed E-state index contributed by atoms with van der Waals surface area (Å²) in [5.41, 5.74) is 6.22. The molecule has 0 radical (unpaired) electrons. The normalized spacial score (nSPS) is 11.6. The van der Waals surface area contributed by atoms with Gasteiger partial charge in [-0.15, -0.1) is 11.3 Å². The molecule has 0 aliphatic rings. The lowest BCUT2D eigenvalue weighted by Crippen LogP contribution is -2.21. The van der Waals surface area contributed by atoms with Crippen LogP contribution in [0, 0.1) is 0 Å². The number of carbonyl (C=O) groups excluding carboxylic acids is 1. The maximum atomic E-state index is 12.9. The molecule has 6 aromatic rings. The molecule has 3 heterocycles. The number of benzene rings is 3. The molecule has 0 bridgehead atoms. The number of anilines is 1. The number of aromatic amines is 1. The van der Waals surface area contributed by atoms with Crippen LogP contribution in [0.3, 0.4) is 0 Å². The number of fused-ring (bicyclic) bond motifs is 3. The molecule has 0 aliphatic heterocycles. The van der Waals surface area contributed by atoms with Crippen LogP contribution in [0.2, 0.25) is 0 Å². The Balaban J connectivity index is 1.58. The van der Waals surface area contributed by atoms with E-state index < -0.39 is 10.0 Å². The van der Waals surface area contributed by atoms with Gasteiger partial charge in [-0.1, -0.05) is 48.5 Å². The lowest BCUT2D eigenvalue weighted by molar-refractivity contribution is 0.0827. The van der Waals surface area contributed by atoms with Crippen molar-refractivity contribution in [1.82, 2.24) is 14.9 Å². The minimum absolute atomic E-state index is 0.0816. The maximum Gasteiger partial charge on any atom is 0.271 e. The lowest BCUT2D eigenvalue weighted by atomic mass is 9.92. The Morgan fingerprint density at radius 3 is 2.46 bits per heavy atom. The largest absolute Gasteiger partial charge is 0.345 e. The number of hydrogen-bond donors (Lipinski definition) is 2. The second kappa shape index (κ2) is 9.68. The summed E-state index contributed by atoms with van der Waals surface area (Å²) in [5.74, 6) is -0.0816. The van der Waals surface area contributed by atoms with Crippen molar-refractivity contribution in [2.45, 2.75) is 4.21 Å². The van der Waals surface area contributed by atoms with E-state index in [0.717, 1.165) is 38.5 Å².